The Labute approximate surface area is 131 Å². The SMILES string of the molecule is CCn1c(C(CO)NC(=O)c2ccccc2Cl)n[nH]c1=S. The van der Waals surface area contributed by atoms with Gasteiger partial charge in [-0.1, -0.05) is 23.7 Å². The van der Waals surface area contributed by atoms with Crippen LogP contribution in [0.2, 0.25) is 5.02 Å². The van der Waals surface area contributed by atoms with E-state index in [2.05, 4.69) is 15.5 Å². The second-order valence-electron chi connectivity index (χ2n) is 4.32. The maximum Gasteiger partial charge on any atom is 0.253 e. The molecule has 3 N–H and O–H groups in total. The summed E-state index contributed by atoms with van der Waals surface area (Å²) in [6.45, 7) is 2.19. The number of aliphatic hydroxyl groups excluding tert-OH is 1. The summed E-state index contributed by atoms with van der Waals surface area (Å²) in [4.78, 5) is 12.2. The maximum absolute atomic E-state index is 12.2. The molecule has 1 atom stereocenters. The summed E-state index contributed by atoms with van der Waals surface area (Å²) in [6, 6.07) is 6.04. The quantitative estimate of drug-likeness (QED) is 0.735. The van der Waals surface area contributed by atoms with E-state index in [1.54, 1.807) is 28.8 Å². The van der Waals surface area contributed by atoms with Gasteiger partial charge < -0.3 is 15.0 Å². The summed E-state index contributed by atoms with van der Waals surface area (Å²) in [5, 5.41) is 19.3. The van der Waals surface area contributed by atoms with Crippen LogP contribution in [0.1, 0.15) is 29.1 Å². The van der Waals surface area contributed by atoms with Gasteiger partial charge >= 0.3 is 0 Å². The molecule has 1 heterocycles. The first kappa shape index (κ1) is 15.7. The van der Waals surface area contributed by atoms with Crippen molar-refractivity contribution in [2.75, 3.05) is 6.61 Å². The van der Waals surface area contributed by atoms with Crippen molar-refractivity contribution in [1.29, 1.82) is 0 Å². The van der Waals surface area contributed by atoms with Crippen LogP contribution in [-0.4, -0.2) is 32.4 Å². The number of H-pyrrole nitrogens is 1. The second-order valence-corrected chi connectivity index (χ2v) is 5.11. The molecule has 8 heteroatoms. The Kier molecular flexibility index (Phi) is 5.11. The summed E-state index contributed by atoms with van der Waals surface area (Å²) in [5.41, 5.74) is 0.342. The molecule has 6 nitrogen and oxygen atoms in total. The van der Waals surface area contributed by atoms with Crippen LogP contribution in [0, 0.1) is 4.77 Å². The average Bonchev–Trinajstić information content (AvgIpc) is 2.85. The van der Waals surface area contributed by atoms with Crippen molar-refractivity contribution in [3.8, 4) is 0 Å². The molecule has 1 unspecified atom stereocenters. The average molecular weight is 327 g/mol. The summed E-state index contributed by atoms with van der Waals surface area (Å²) in [5.74, 6) is 0.0987. The standard InChI is InChI=1S/C13H15ClN4O2S/c1-2-18-11(16-17-13(18)21)10(7-19)15-12(20)8-5-3-4-6-9(8)14/h3-6,10,19H,2,7H2,1H3,(H,15,20)(H,17,21). The highest BCUT2D eigenvalue weighted by atomic mass is 35.5. The van der Waals surface area contributed by atoms with E-state index in [0.717, 1.165) is 0 Å². The highest BCUT2D eigenvalue weighted by Gasteiger charge is 2.21. The fourth-order valence-electron chi connectivity index (χ4n) is 1.97. The molecule has 2 rings (SSSR count). The van der Waals surface area contributed by atoms with E-state index in [1.807, 2.05) is 6.92 Å². The molecule has 2 aromatic rings. The van der Waals surface area contributed by atoms with Crippen molar-refractivity contribution in [3.05, 3.63) is 45.4 Å². The van der Waals surface area contributed by atoms with Crippen molar-refractivity contribution in [2.45, 2.75) is 19.5 Å². The molecule has 0 aliphatic rings. The van der Waals surface area contributed by atoms with Crippen molar-refractivity contribution in [2.24, 2.45) is 0 Å². The number of carbonyl (C=O) groups excluding carboxylic acids is 1. The predicted molar refractivity (Wildman–Crippen MR) is 81.8 cm³/mol. The van der Waals surface area contributed by atoms with Crippen LogP contribution in [0.4, 0.5) is 0 Å². The number of benzene rings is 1. The number of hydrogen-bond acceptors (Lipinski definition) is 4. The van der Waals surface area contributed by atoms with Gasteiger partial charge in [-0.3, -0.25) is 9.89 Å². The number of amides is 1. The Hall–Kier alpha value is -1.70. The van der Waals surface area contributed by atoms with Crippen molar-refractivity contribution in [3.63, 3.8) is 0 Å². The highest BCUT2D eigenvalue weighted by Crippen LogP contribution is 2.17. The highest BCUT2D eigenvalue weighted by molar-refractivity contribution is 7.71. The minimum atomic E-state index is -0.665. The van der Waals surface area contributed by atoms with Crippen LogP contribution in [0.25, 0.3) is 0 Å². The Morgan fingerprint density at radius 3 is 2.90 bits per heavy atom. The minimum Gasteiger partial charge on any atom is -0.394 e. The van der Waals surface area contributed by atoms with Gasteiger partial charge in [-0.15, -0.1) is 0 Å². The topological polar surface area (TPSA) is 82.9 Å². The molecule has 0 saturated carbocycles. The van der Waals surface area contributed by atoms with Gasteiger partial charge in [0.05, 0.1) is 17.2 Å². The number of hydrogen-bond donors (Lipinski definition) is 3. The first-order chi connectivity index (χ1) is 10.1. The van der Waals surface area contributed by atoms with E-state index >= 15 is 0 Å². The molecule has 21 heavy (non-hydrogen) atoms. The molecule has 0 fully saturated rings. The monoisotopic (exact) mass is 326 g/mol. The van der Waals surface area contributed by atoms with Crippen LogP contribution in [0.3, 0.4) is 0 Å². The van der Waals surface area contributed by atoms with Gasteiger partial charge in [0, 0.05) is 6.54 Å². The lowest BCUT2D eigenvalue weighted by atomic mass is 10.2. The lowest BCUT2D eigenvalue weighted by molar-refractivity contribution is 0.0911. The van der Waals surface area contributed by atoms with Gasteiger partial charge in [0.2, 0.25) is 0 Å². The summed E-state index contributed by atoms with van der Waals surface area (Å²) >= 11 is 11.1. The normalized spacial score (nSPS) is 12.1. The number of rotatable bonds is 5. The van der Waals surface area contributed by atoms with Crippen LogP contribution < -0.4 is 5.32 Å². The van der Waals surface area contributed by atoms with Gasteiger partial charge in [-0.25, -0.2) is 0 Å². The first-order valence-electron chi connectivity index (χ1n) is 6.39. The number of aromatic amines is 1. The Balaban J connectivity index is 2.25. The maximum atomic E-state index is 12.2. The number of nitrogens with one attached hydrogen (secondary N) is 2. The number of nitrogens with zero attached hydrogens (tertiary/aromatic N) is 2. The number of aromatic nitrogens is 3. The van der Waals surface area contributed by atoms with Gasteiger partial charge in [0.25, 0.3) is 5.91 Å². The zero-order valence-corrected chi connectivity index (χ0v) is 12.9. The largest absolute Gasteiger partial charge is 0.394 e. The van der Waals surface area contributed by atoms with Crippen LogP contribution in [0.5, 0.6) is 0 Å². The van der Waals surface area contributed by atoms with Crippen molar-refractivity contribution < 1.29 is 9.90 Å². The molecule has 1 amide bonds. The lowest BCUT2D eigenvalue weighted by Crippen LogP contribution is -2.33. The first-order valence-corrected chi connectivity index (χ1v) is 7.18. The van der Waals surface area contributed by atoms with Gasteiger partial charge in [0.1, 0.15) is 6.04 Å². The van der Waals surface area contributed by atoms with E-state index in [4.69, 9.17) is 23.8 Å². The van der Waals surface area contributed by atoms with Gasteiger partial charge in [-0.05, 0) is 31.3 Å². The number of halogens is 1. The third kappa shape index (κ3) is 3.31. The van der Waals surface area contributed by atoms with E-state index < -0.39 is 6.04 Å². The molecule has 0 aliphatic carbocycles. The van der Waals surface area contributed by atoms with E-state index in [-0.39, 0.29) is 12.5 Å². The molecule has 1 aromatic carbocycles. The molecule has 0 aliphatic heterocycles. The lowest BCUT2D eigenvalue weighted by Gasteiger charge is -2.16. The Bertz CT molecular complexity index is 697. The summed E-state index contributed by atoms with van der Waals surface area (Å²) in [7, 11) is 0. The van der Waals surface area contributed by atoms with Crippen molar-refractivity contribution in [1.82, 2.24) is 20.1 Å². The fraction of sp³-hybridized carbons (Fsp3) is 0.308. The third-order valence-corrected chi connectivity index (χ3v) is 3.66. The van der Waals surface area contributed by atoms with E-state index in [0.29, 0.717) is 27.7 Å². The smallest absolute Gasteiger partial charge is 0.253 e. The molecule has 1 aromatic heterocycles. The van der Waals surface area contributed by atoms with Crippen LogP contribution in [-0.2, 0) is 6.54 Å². The molecule has 112 valence electrons. The molecular formula is C13H15ClN4O2S. The Morgan fingerprint density at radius 1 is 1.57 bits per heavy atom. The summed E-state index contributed by atoms with van der Waals surface area (Å²) in [6.07, 6.45) is 0. The zero-order chi connectivity index (χ0) is 15.4. The predicted octanol–water partition coefficient (Wildman–Crippen LogP) is 2.08. The Morgan fingerprint density at radius 2 is 2.29 bits per heavy atom. The number of aliphatic hydroxyl groups is 1. The summed E-state index contributed by atoms with van der Waals surface area (Å²) < 4.78 is 2.15. The molecule has 0 saturated heterocycles. The third-order valence-electron chi connectivity index (χ3n) is 3.02. The minimum absolute atomic E-state index is 0.296. The zero-order valence-electron chi connectivity index (χ0n) is 11.3. The van der Waals surface area contributed by atoms with Gasteiger partial charge in [0.15, 0.2) is 10.6 Å². The van der Waals surface area contributed by atoms with Crippen LogP contribution >= 0.6 is 23.8 Å². The fourth-order valence-corrected chi connectivity index (χ4v) is 2.46. The van der Waals surface area contributed by atoms with E-state index in [1.165, 1.54) is 0 Å². The molecule has 0 radical (unpaired) electrons. The second kappa shape index (κ2) is 6.84. The number of carbonyl (C=O) groups is 1. The van der Waals surface area contributed by atoms with Crippen LogP contribution in [0.15, 0.2) is 24.3 Å². The molecule has 0 bridgehead atoms. The van der Waals surface area contributed by atoms with Gasteiger partial charge in [-0.2, -0.15) is 5.10 Å². The molecule has 0 spiro atoms. The van der Waals surface area contributed by atoms with Crippen molar-refractivity contribution >= 4 is 29.7 Å². The van der Waals surface area contributed by atoms with E-state index in [9.17, 15) is 9.90 Å². The molecular weight excluding hydrogens is 312 g/mol.